The third-order valence-electron chi connectivity index (χ3n) is 2.18. The number of rotatable bonds is 3. The van der Waals surface area contributed by atoms with Gasteiger partial charge >= 0.3 is 68.6 Å². The van der Waals surface area contributed by atoms with E-state index in [0.29, 0.717) is 11.0 Å². The summed E-state index contributed by atoms with van der Waals surface area (Å²) in [6.45, 7) is 0. The number of aromatic nitrogens is 1. The number of carbonyl (C=O) groups is 2. The van der Waals surface area contributed by atoms with Crippen molar-refractivity contribution in [1.82, 2.24) is 4.98 Å². The van der Waals surface area contributed by atoms with Crippen molar-refractivity contribution >= 4 is 36.0 Å². The van der Waals surface area contributed by atoms with Gasteiger partial charge in [-0.15, -0.1) is 12.4 Å². The van der Waals surface area contributed by atoms with Crippen LogP contribution in [0, 0.1) is 10.1 Å². The molecule has 1 aromatic carbocycles. The van der Waals surface area contributed by atoms with Gasteiger partial charge in [0.05, 0.1) is 4.92 Å². The van der Waals surface area contributed by atoms with Gasteiger partial charge in [0.15, 0.2) is 0 Å². The number of nitrogens with two attached hydrogens (primary N) is 1. The molecule has 5 N–H and O–H groups in total. The van der Waals surface area contributed by atoms with Crippen LogP contribution in [0.1, 0.15) is 5.56 Å². The summed E-state index contributed by atoms with van der Waals surface area (Å²) in [7, 11) is 0. The minimum atomic E-state index is -1.33. The van der Waals surface area contributed by atoms with Crippen LogP contribution in [-0.2, 0) is 21.3 Å². The van der Waals surface area contributed by atoms with Crippen LogP contribution >= 0.6 is 12.4 Å². The number of carboxylic acid groups (broad SMARTS) is 2. The van der Waals surface area contributed by atoms with E-state index in [9.17, 15) is 14.9 Å². The van der Waals surface area contributed by atoms with Crippen LogP contribution in [0.3, 0.4) is 0 Å². The van der Waals surface area contributed by atoms with Gasteiger partial charge in [-0.25, -0.2) is 9.59 Å². The van der Waals surface area contributed by atoms with E-state index >= 15 is 0 Å². The van der Waals surface area contributed by atoms with E-state index < -0.39 is 17.1 Å². The number of nitrogens with one attached hydrogen (secondary N) is 1. The van der Waals surface area contributed by atoms with Crippen LogP contribution in [0.15, 0.2) is 48.8 Å². The summed E-state index contributed by atoms with van der Waals surface area (Å²) in [6, 6.07) is 8.96. The number of primary amides is 1. The molecule has 1 aromatic heterocycles. The number of halogens is 1. The van der Waals surface area contributed by atoms with Crippen molar-refractivity contribution in [3.63, 3.8) is 0 Å². The van der Waals surface area contributed by atoms with Gasteiger partial charge in [-0.1, -0.05) is 0 Å². The van der Waals surface area contributed by atoms with Crippen LogP contribution in [0.25, 0.3) is 0 Å². The van der Waals surface area contributed by atoms with Crippen molar-refractivity contribution in [2.24, 2.45) is 5.73 Å². The molecule has 0 radical (unpaired) electrons. The molecular weight excluding hydrogens is 419 g/mol. The molecule has 0 saturated heterocycles. The number of non-ortho nitro benzene ring substituents is 1. The number of nitrogens with zero attached hydrogens (tertiary/aromatic N) is 2. The average Bonchev–Trinajstić information content (AvgIpc) is 2.55. The number of hydrogen-bond acceptors (Lipinski definition) is 5. The summed E-state index contributed by atoms with van der Waals surface area (Å²) in [6.07, 6.45) is 0.988. The summed E-state index contributed by atoms with van der Waals surface area (Å²) in [5, 5.41) is 28.4. The summed E-state index contributed by atoms with van der Waals surface area (Å²) in [5.74, 6) is 0. The van der Waals surface area contributed by atoms with Gasteiger partial charge in [0.2, 0.25) is 0 Å². The van der Waals surface area contributed by atoms with E-state index in [0.717, 1.165) is 5.56 Å². The fourth-order valence-corrected chi connectivity index (χ4v) is 1.45. The van der Waals surface area contributed by atoms with Crippen molar-refractivity contribution in [2.45, 2.75) is 5.32 Å². The normalized spacial score (nSPS) is 8.38. The van der Waals surface area contributed by atoms with Crippen molar-refractivity contribution in [3.05, 3.63) is 64.5 Å². The second kappa shape index (κ2) is 14.5. The Kier molecular flexibility index (Phi) is 14.1. The zero-order valence-electron chi connectivity index (χ0n) is 13.0. The minimum absolute atomic E-state index is 0. The quantitative estimate of drug-likeness (QED) is 0.326. The fourth-order valence-electron chi connectivity index (χ4n) is 1.25. The number of nitro groups is 1. The Morgan fingerprint density at radius 1 is 1.23 bits per heavy atom. The van der Waals surface area contributed by atoms with E-state index in [1.807, 2.05) is 12.1 Å². The molecule has 0 saturated carbocycles. The first-order chi connectivity index (χ1) is 11.8. The molecule has 2 amide bonds. The molecule has 0 aliphatic carbocycles. The van der Waals surface area contributed by atoms with Crippen LogP contribution < -0.4 is 11.1 Å². The van der Waals surface area contributed by atoms with Gasteiger partial charge in [-0.3, -0.25) is 15.4 Å². The van der Waals surface area contributed by atoms with Crippen molar-refractivity contribution in [1.29, 1.82) is 0 Å². The molecule has 2 rings (SSSR count). The summed E-state index contributed by atoms with van der Waals surface area (Å²) in [4.78, 5) is 32.5. The fraction of sp³-hybridized carbons (Fsp3) is 0.0714. The molecule has 0 unspecified atom stereocenters. The zero-order chi connectivity index (χ0) is 19.2. The van der Waals surface area contributed by atoms with E-state index in [1.54, 1.807) is 12.4 Å². The second-order valence-corrected chi connectivity index (χ2v) is 4.37. The van der Waals surface area contributed by atoms with Crippen LogP contribution in [0.4, 0.5) is 21.0 Å². The third kappa shape index (κ3) is 13.5. The SMILES string of the molecule is Cl.NC(=O)O.O=C(O)Nc1ccc([N+](=O)[O-])cc1.[Cu][CH2]c1cccnc1. The van der Waals surface area contributed by atoms with Crippen molar-refractivity contribution in [2.75, 3.05) is 5.32 Å². The van der Waals surface area contributed by atoms with Crippen molar-refractivity contribution in [3.8, 4) is 0 Å². The molecule has 146 valence electrons. The standard InChI is InChI=1S/C7H6N2O4.C6H6N.CH3NO2.ClH.Cu/c10-7(11)8-5-1-3-6(4-2-5)9(12)13;1-6-3-2-4-7-5-6;2-1(3)4;;/h1-4,8H,(H,10,11);2-5H,1H2;2H2,(H,3,4);1H;. The van der Waals surface area contributed by atoms with Gasteiger partial charge in [0.1, 0.15) is 0 Å². The van der Waals surface area contributed by atoms with Crippen LogP contribution in [0.5, 0.6) is 0 Å². The predicted octanol–water partition coefficient (Wildman–Crippen LogP) is 2.86. The Labute approximate surface area is 162 Å². The van der Waals surface area contributed by atoms with Gasteiger partial charge in [-0.2, -0.15) is 0 Å². The van der Waals surface area contributed by atoms with Crippen LogP contribution in [-0.4, -0.2) is 32.3 Å². The molecule has 10 nitrogen and oxygen atoms in total. The third-order valence-corrected chi connectivity index (χ3v) is 2.56. The van der Waals surface area contributed by atoms with Gasteiger partial charge in [-0.05, 0) is 12.1 Å². The predicted molar refractivity (Wildman–Crippen MR) is 92.1 cm³/mol. The van der Waals surface area contributed by atoms with Gasteiger partial charge in [0, 0.05) is 17.8 Å². The number of amides is 2. The molecule has 0 aliphatic rings. The number of pyridine rings is 1. The molecule has 26 heavy (non-hydrogen) atoms. The molecule has 0 atom stereocenters. The van der Waals surface area contributed by atoms with Gasteiger partial charge in [0.25, 0.3) is 5.69 Å². The maximum atomic E-state index is 10.2. The molecule has 0 aliphatic heterocycles. The zero-order valence-corrected chi connectivity index (χ0v) is 14.8. The Balaban J connectivity index is 0. The number of nitro benzene ring substituents is 1. The van der Waals surface area contributed by atoms with E-state index in [-0.39, 0.29) is 18.1 Å². The van der Waals surface area contributed by atoms with Gasteiger partial charge < -0.3 is 15.9 Å². The Morgan fingerprint density at radius 3 is 2.08 bits per heavy atom. The maximum absolute atomic E-state index is 10.2. The topological polar surface area (TPSA) is 169 Å². The molecule has 12 heteroatoms. The molecule has 0 fully saturated rings. The molecule has 0 spiro atoms. The molecular formula is C14H16ClCuN4O6. The summed E-state index contributed by atoms with van der Waals surface area (Å²) in [5.41, 5.74) is 5.36. The first kappa shape index (κ1) is 25.4. The van der Waals surface area contributed by atoms with Crippen LogP contribution in [0.2, 0.25) is 0 Å². The van der Waals surface area contributed by atoms with Crippen molar-refractivity contribution < 1.29 is 40.7 Å². The average molecular weight is 435 g/mol. The molecule has 1 heterocycles. The second-order valence-electron chi connectivity index (χ2n) is 4.04. The first-order valence-electron chi connectivity index (χ1n) is 6.38. The van der Waals surface area contributed by atoms with E-state index in [4.69, 9.17) is 31.0 Å². The number of benzene rings is 1. The summed E-state index contributed by atoms with van der Waals surface area (Å²) >= 11 is 4.91. The summed E-state index contributed by atoms with van der Waals surface area (Å²) < 4.78 is 0. The Bertz CT molecular complexity index is 684. The Morgan fingerprint density at radius 2 is 1.77 bits per heavy atom. The molecule has 0 bridgehead atoms. The molecule has 2 aromatic rings. The Hall–Kier alpha value is -2.88. The number of hydrogen-bond donors (Lipinski definition) is 4. The monoisotopic (exact) mass is 434 g/mol. The van der Waals surface area contributed by atoms with E-state index in [2.05, 4.69) is 16.0 Å². The van der Waals surface area contributed by atoms with E-state index in [1.165, 1.54) is 24.3 Å². The number of anilines is 1. The first-order valence-corrected chi connectivity index (χ1v) is 7.05.